The fourth-order valence-electron chi connectivity index (χ4n) is 0.358. The van der Waals surface area contributed by atoms with E-state index in [2.05, 4.69) is 4.98 Å². The van der Waals surface area contributed by atoms with Crippen molar-refractivity contribution < 1.29 is 13.0 Å². The third kappa shape index (κ3) is 1.66. The summed E-state index contributed by atoms with van der Waals surface area (Å²) in [5, 5.41) is 0. The van der Waals surface area contributed by atoms with E-state index in [-0.39, 0.29) is 8.68 Å². The predicted molar refractivity (Wildman–Crippen MR) is 36.9 cm³/mol. The van der Waals surface area contributed by atoms with E-state index < -0.39 is 10.1 Å². The highest BCUT2D eigenvalue weighted by atomic mass is 35.5. The van der Waals surface area contributed by atoms with E-state index in [4.69, 9.17) is 16.2 Å². The number of hydrogen-bond donors (Lipinski definition) is 1. The van der Waals surface area contributed by atoms with Gasteiger partial charge in [0.05, 0.1) is 6.20 Å². The standard InChI is InChI=1S/C3H2ClNO3S2/c4-3-5-1-2(9-3)10(6,7)8/h1H,(H,6,7,8). The minimum absolute atomic E-state index is 0.0904. The first-order valence-corrected chi connectivity index (χ1v) is 4.72. The molecule has 0 amide bonds. The highest BCUT2D eigenvalue weighted by Gasteiger charge is 2.12. The molecule has 0 fully saturated rings. The second kappa shape index (κ2) is 2.46. The van der Waals surface area contributed by atoms with Gasteiger partial charge in [0.15, 0.2) is 8.68 Å². The monoisotopic (exact) mass is 199 g/mol. The molecule has 10 heavy (non-hydrogen) atoms. The van der Waals surface area contributed by atoms with Crippen LogP contribution in [-0.2, 0) is 10.1 Å². The van der Waals surface area contributed by atoms with Crippen molar-refractivity contribution in [2.45, 2.75) is 4.21 Å². The number of rotatable bonds is 1. The molecule has 0 saturated heterocycles. The van der Waals surface area contributed by atoms with Gasteiger partial charge in [-0.1, -0.05) is 22.9 Å². The van der Waals surface area contributed by atoms with Crippen LogP contribution in [0, 0.1) is 0 Å². The topological polar surface area (TPSA) is 67.3 Å². The zero-order chi connectivity index (χ0) is 7.78. The smallest absolute Gasteiger partial charge is 0.281 e. The molecular formula is C3H2ClNO3S2. The maximum absolute atomic E-state index is 10.3. The molecule has 0 radical (unpaired) electrons. The summed E-state index contributed by atoms with van der Waals surface area (Å²) in [5.41, 5.74) is 0. The summed E-state index contributed by atoms with van der Waals surface area (Å²) >= 11 is 6.01. The molecule has 0 unspecified atom stereocenters. The van der Waals surface area contributed by atoms with Crippen molar-refractivity contribution in [3.63, 3.8) is 0 Å². The van der Waals surface area contributed by atoms with Crippen LogP contribution in [0.15, 0.2) is 10.4 Å². The lowest BCUT2D eigenvalue weighted by molar-refractivity contribution is 0.485. The molecule has 0 atom stereocenters. The molecule has 1 rings (SSSR count). The molecule has 56 valence electrons. The van der Waals surface area contributed by atoms with Crippen molar-refractivity contribution in [2.24, 2.45) is 0 Å². The quantitative estimate of drug-likeness (QED) is 0.687. The van der Waals surface area contributed by atoms with Gasteiger partial charge in [-0.15, -0.1) is 0 Å². The van der Waals surface area contributed by atoms with E-state index in [0.29, 0.717) is 11.3 Å². The van der Waals surface area contributed by atoms with E-state index in [1.54, 1.807) is 0 Å². The number of thiazole rings is 1. The zero-order valence-electron chi connectivity index (χ0n) is 4.48. The largest absolute Gasteiger partial charge is 0.305 e. The Kier molecular flexibility index (Phi) is 1.95. The van der Waals surface area contributed by atoms with Gasteiger partial charge >= 0.3 is 10.1 Å². The Labute approximate surface area is 66.2 Å². The minimum atomic E-state index is -4.11. The molecule has 0 aliphatic carbocycles. The van der Waals surface area contributed by atoms with E-state index in [1.807, 2.05) is 0 Å². The average molecular weight is 200 g/mol. The van der Waals surface area contributed by atoms with Crippen molar-refractivity contribution >= 4 is 33.1 Å². The Morgan fingerprint density at radius 2 is 2.30 bits per heavy atom. The SMILES string of the molecule is O=S(=O)(O)c1cnc(Cl)s1. The predicted octanol–water partition coefficient (Wildman–Crippen LogP) is 1.04. The lowest BCUT2D eigenvalue weighted by Gasteiger charge is -1.83. The Hall–Kier alpha value is -0.170. The van der Waals surface area contributed by atoms with Crippen LogP contribution >= 0.6 is 22.9 Å². The first kappa shape index (κ1) is 7.93. The van der Waals surface area contributed by atoms with Crippen LogP contribution in [-0.4, -0.2) is 18.0 Å². The van der Waals surface area contributed by atoms with Crippen LogP contribution in [0.25, 0.3) is 0 Å². The zero-order valence-corrected chi connectivity index (χ0v) is 6.87. The molecular weight excluding hydrogens is 198 g/mol. The average Bonchev–Trinajstić information content (AvgIpc) is 2.11. The number of hydrogen-bond acceptors (Lipinski definition) is 4. The van der Waals surface area contributed by atoms with E-state index >= 15 is 0 Å². The van der Waals surface area contributed by atoms with Gasteiger partial charge in [0, 0.05) is 0 Å². The lowest BCUT2D eigenvalue weighted by Crippen LogP contribution is -1.93. The molecule has 0 aromatic carbocycles. The van der Waals surface area contributed by atoms with Gasteiger partial charge in [-0.05, 0) is 0 Å². The van der Waals surface area contributed by atoms with E-state index in [9.17, 15) is 8.42 Å². The Morgan fingerprint density at radius 1 is 1.70 bits per heavy atom. The Bertz CT molecular complexity index is 329. The summed E-state index contributed by atoms with van der Waals surface area (Å²) in [5.74, 6) is 0. The Morgan fingerprint density at radius 3 is 2.50 bits per heavy atom. The molecule has 7 heteroatoms. The van der Waals surface area contributed by atoms with Crippen LogP contribution in [0.3, 0.4) is 0 Å². The third-order valence-corrected chi connectivity index (χ3v) is 3.12. The van der Waals surface area contributed by atoms with E-state index in [1.165, 1.54) is 0 Å². The van der Waals surface area contributed by atoms with Crippen LogP contribution in [0.1, 0.15) is 0 Å². The molecule has 1 aromatic rings. The number of halogens is 1. The lowest BCUT2D eigenvalue weighted by atomic mass is 11.0. The summed E-state index contributed by atoms with van der Waals surface area (Å²) in [6.45, 7) is 0. The molecule has 0 bridgehead atoms. The third-order valence-electron chi connectivity index (χ3n) is 0.711. The van der Waals surface area contributed by atoms with Crippen molar-refractivity contribution in [1.82, 2.24) is 4.98 Å². The van der Waals surface area contributed by atoms with Gasteiger partial charge < -0.3 is 0 Å². The summed E-state index contributed by atoms with van der Waals surface area (Å²) in [7, 11) is -4.11. The molecule has 4 nitrogen and oxygen atoms in total. The second-order valence-corrected chi connectivity index (χ2v) is 4.67. The normalized spacial score (nSPS) is 11.8. The summed E-state index contributed by atoms with van der Waals surface area (Å²) in [6.07, 6.45) is 1.00. The van der Waals surface area contributed by atoms with Gasteiger partial charge in [-0.2, -0.15) is 8.42 Å². The fraction of sp³-hybridized carbons (Fsp3) is 0. The molecule has 0 saturated carbocycles. The summed E-state index contributed by atoms with van der Waals surface area (Å²) < 4.78 is 28.9. The van der Waals surface area contributed by atoms with Crippen molar-refractivity contribution in [2.75, 3.05) is 0 Å². The fourth-order valence-corrected chi connectivity index (χ4v) is 2.01. The van der Waals surface area contributed by atoms with Gasteiger partial charge in [0.2, 0.25) is 0 Å². The molecule has 0 aliphatic rings. The van der Waals surface area contributed by atoms with Gasteiger partial charge in [0.1, 0.15) is 0 Å². The highest BCUT2D eigenvalue weighted by molar-refractivity contribution is 7.88. The first-order chi connectivity index (χ1) is 4.50. The van der Waals surface area contributed by atoms with Gasteiger partial charge in [0.25, 0.3) is 0 Å². The number of nitrogens with zero attached hydrogens (tertiary/aromatic N) is 1. The second-order valence-electron chi connectivity index (χ2n) is 1.41. The molecule has 1 N–H and O–H groups in total. The molecule has 1 heterocycles. The molecule has 1 aromatic heterocycles. The van der Waals surface area contributed by atoms with E-state index in [0.717, 1.165) is 6.20 Å². The molecule has 0 aliphatic heterocycles. The van der Waals surface area contributed by atoms with Crippen molar-refractivity contribution in [3.05, 3.63) is 10.7 Å². The first-order valence-electron chi connectivity index (χ1n) is 2.09. The number of aromatic nitrogens is 1. The van der Waals surface area contributed by atoms with Gasteiger partial charge in [-0.3, -0.25) is 4.55 Å². The van der Waals surface area contributed by atoms with Crippen LogP contribution in [0.2, 0.25) is 4.47 Å². The highest BCUT2D eigenvalue weighted by Crippen LogP contribution is 2.21. The molecule has 0 spiro atoms. The maximum atomic E-state index is 10.3. The van der Waals surface area contributed by atoms with Crippen LogP contribution in [0.5, 0.6) is 0 Å². The van der Waals surface area contributed by atoms with Crippen molar-refractivity contribution in [3.8, 4) is 0 Å². The minimum Gasteiger partial charge on any atom is -0.281 e. The van der Waals surface area contributed by atoms with Gasteiger partial charge in [-0.25, -0.2) is 4.98 Å². The summed E-state index contributed by atoms with van der Waals surface area (Å²) in [6, 6.07) is 0. The Balaban J connectivity index is 3.21. The van der Waals surface area contributed by atoms with Crippen LogP contribution in [0.4, 0.5) is 0 Å². The summed E-state index contributed by atoms with van der Waals surface area (Å²) in [4.78, 5) is 3.43. The van der Waals surface area contributed by atoms with Crippen LogP contribution < -0.4 is 0 Å². The van der Waals surface area contributed by atoms with Crippen molar-refractivity contribution in [1.29, 1.82) is 0 Å². The maximum Gasteiger partial charge on any atom is 0.305 e.